The Balaban J connectivity index is 2.08. The second-order valence-electron chi connectivity index (χ2n) is 4.51. The molecule has 1 aliphatic carbocycles. The summed E-state index contributed by atoms with van der Waals surface area (Å²) >= 11 is 0. The summed E-state index contributed by atoms with van der Waals surface area (Å²) in [7, 11) is 0. The fourth-order valence-electron chi connectivity index (χ4n) is 2.47. The first-order chi connectivity index (χ1) is 7.20. The summed E-state index contributed by atoms with van der Waals surface area (Å²) in [6.07, 6.45) is 4.25. The van der Waals surface area contributed by atoms with Gasteiger partial charge in [0.05, 0.1) is 17.8 Å². The maximum atomic E-state index is 8.83. The third-order valence-electron chi connectivity index (χ3n) is 3.27. The number of aromatic nitrogens is 2. The van der Waals surface area contributed by atoms with Gasteiger partial charge in [0, 0.05) is 11.6 Å². The van der Waals surface area contributed by atoms with Crippen molar-refractivity contribution in [3.05, 3.63) is 17.5 Å². The second-order valence-corrected chi connectivity index (χ2v) is 4.51. The van der Waals surface area contributed by atoms with Gasteiger partial charge < -0.3 is 0 Å². The first-order valence-electron chi connectivity index (χ1n) is 5.63. The monoisotopic (exact) mass is 203 g/mol. The molecule has 15 heavy (non-hydrogen) atoms. The molecule has 0 radical (unpaired) electrons. The summed E-state index contributed by atoms with van der Waals surface area (Å²) in [5.74, 6) is 0.276. The van der Waals surface area contributed by atoms with Gasteiger partial charge in [0.25, 0.3) is 0 Å². The van der Waals surface area contributed by atoms with Crippen LogP contribution in [-0.4, -0.2) is 9.78 Å². The van der Waals surface area contributed by atoms with Gasteiger partial charge in [-0.3, -0.25) is 4.68 Å². The van der Waals surface area contributed by atoms with Gasteiger partial charge in [0.1, 0.15) is 0 Å². The molecule has 80 valence electrons. The normalized spacial score (nSPS) is 26.2. The van der Waals surface area contributed by atoms with Crippen molar-refractivity contribution >= 4 is 0 Å². The Bertz CT molecular complexity index is 378. The molecule has 3 nitrogen and oxygen atoms in total. The Morgan fingerprint density at radius 1 is 1.33 bits per heavy atom. The van der Waals surface area contributed by atoms with Crippen molar-refractivity contribution in [2.75, 3.05) is 0 Å². The minimum atomic E-state index is 0.276. The Hall–Kier alpha value is -1.30. The van der Waals surface area contributed by atoms with Gasteiger partial charge in [-0.25, -0.2) is 0 Å². The van der Waals surface area contributed by atoms with Crippen LogP contribution in [0.4, 0.5) is 0 Å². The van der Waals surface area contributed by atoms with E-state index in [0.717, 1.165) is 31.4 Å². The lowest BCUT2D eigenvalue weighted by atomic mass is 9.87. The molecule has 0 saturated heterocycles. The molecule has 3 heteroatoms. The fourth-order valence-corrected chi connectivity index (χ4v) is 2.47. The fraction of sp³-hybridized carbons (Fsp3) is 0.667. The molecule has 0 aromatic carbocycles. The zero-order valence-electron chi connectivity index (χ0n) is 9.40. The van der Waals surface area contributed by atoms with E-state index >= 15 is 0 Å². The summed E-state index contributed by atoms with van der Waals surface area (Å²) < 4.78 is 2.14. The van der Waals surface area contributed by atoms with Crippen LogP contribution in [0.25, 0.3) is 0 Å². The lowest BCUT2D eigenvalue weighted by molar-refractivity contribution is 0.290. The molecule has 0 atom stereocenters. The van der Waals surface area contributed by atoms with Gasteiger partial charge in [0.2, 0.25) is 0 Å². The second kappa shape index (κ2) is 4.06. The van der Waals surface area contributed by atoms with Gasteiger partial charge in [-0.05, 0) is 45.6 Å². The molecule has 2 rings (SSSR count). The molecule has 1 aromatic heterocycles. The summed E-state index contributed by atoms with van der Waals surface area (Å²) in [5, 5.41) is 13.4. The molecule has 1 heterocycles. The summed E-state index contributed by atoms with van der Waals surface area (Å²) in [6, 6.07) is 5.00. The van der Waals surface area contributed by atoms with Gasteiger partial charge in [-0.2, -0.15) is 10.4 Å². The molecular weight excluding hydrogens is 186 g/mol. The van der Waals surface area contributed by atoms with Crippen LogP contribution in [0.2, 0.25) is 0 Å². The topological polar surface area (TPSA) is 41.6 Å². The molecule has 1 aliphatic rings. The Morgan fingerprint density at radius 3 is 2.47 bits per heavy atom. The minimum Gasteiger partial charge on any atom is -0.267 e. The van der Waals surface area contributed by atoms with Crippen LogP contribution in [0.3, 0.4) is 0 Å². The van der Waals surface area contributed by atoms with Crippen molar-refractivity contribution < 1.29 is 0 Å². The number of hydrogen-bond donors (Lipinski definition) is 0. The molecule has 0 N–H and O–H groups in total. The number of nitriles is 1. The number of hydrogen-bond acceptors (Lipinski definition) is 2. The number of aryl methyl sites for hydroxylation is 2. The van der Waals surface area contributed by atoms with E-state index in [2.05, 4.69) is 28.8 Å². The van der Waals surface area contributed by atoms with Crippen LogP contribution >= 0.6 is 0 Å². The number of rotatable bonds is 1. The van der Waals surface area contributed by atoms with Crippen molar-refractivity contribution in [1.29, 1.82) is 5.26 Å². The standard InChI is InChI=1S/C12H17N3/c1-9-7-10(2)15(14-9)12-5-3-11(8-13)4-6-12/h7,11-12H,3-6H2,1-2H3. The summed E-state index contributed by atoms with van der Waals surface area (Å²) in [4.78, 5) is 0. The molecule has 0 aliphatic heterocycles. The van der Waals surface area contributed by atoms with E-state index in [1.807, 2.05) is 6.92 Å². The third-order valence-corrected chi connectivity index (χ3v) is 3.27. The maximum Gasteiger partial charge on any atom is 0.0655 e. The van der Waals surface area contributed by atoms with Gasteiger partial charge in [-0.1, -0.05) is 0 Å². The Kier molecular flexibility index (Phi) is 2.77. The van der Waals surface area contributed by atoms with Crippen LogP contribution in [0, 0.1) is 31.1 Å². The highest BCUT2D eigenvalue weighted by Gasteiger charge is 2.23. The molecule has 1 aromatic rings. The quantitative estimate of drug-likeness (QED) is 0.704. The van der Waals surface area contributed by atoms with Crippen LogP contribution in [0.15, 0.2) is 6.07 Å². The van der Waals surface area contributed by atoms with Crippen LogP contribution in [-0.2, 0) is 0 Å². The van der Waals surface area contributed by atoms with E-state index in [1.165, 1.54) is 5.69 Å². The molecule has 0 unspecified atom stereocenters. The lowest BCUT2D eigenvalue weighted by Crippen LogP contribution is -2.19. The van der Waals surface area contributed by atoms with Gasteiger partial charge in [0.15, 0.2) is 0 Å². The highest BCUT2D eigenvalue weighted by atomic mass is 15.3. The van der Waals surface area contributed by atoms with E-state index in [0.29, 0.717) is 6.04 Å². The van der Waals surface area contributed by atoms with Crippen LogP contribution in [0.1, 0.15) is 43.1 Å². The average Bonchev–Trinajstić information content (AvgIpc) is 2.58. The van der Waals surface area contributed by atoms with E-state index in [1.54, 1.807) is 0 Å². The van der Waals surface area contributed by atoms with E-state index in [4.69, 9.17) is 5.26 Å². The molecule has 1 fully saturated rings. The minimum absolute atomic E-state index is 0.276. The molecular formula is C12H17N3. The highest BCUT2D eigenvalue weighted by molar-refractivity contribution is 5.08. The largest absolute Gasteiger partial charge is 0.267 e. The zero-order valence-corrected chi connectivity index (χ0v) is 9.40. The highest BCUT2D eigenvalue weighted by Crippen LogP contribution is 2.32. The van der Waals surface area contributed by atoms with Crippen LogP contribution < -0.4 is 0 Å². The Morgan fingerprint density at radius 2 is 2.00 bits per heavy atom. The van der Waals surface area contributed by atoms with E-state index < -0.39 is 0 Å². The summed E-state index contributed by atoms with van der Waals surface area (Å²) in [5.41, 5.74) is 2.34. The summed E-state index contributed by atoms with van der Waals surface area (Å²) in [6.45, 7) is 4.14. The predicted molar refractivity (Wildman–Crippen MR) is 58.3 cm³/mol. The van der Waals surface area contributed by atoms with Crippen molar-refractivity contribution in [3.63, 3.8) is 0 Å². The van der Waals surface area contributed by atoms with Gasteiger partial charge in [-0.15, -0.1) is 0 Å². The van der Waals surface area contributed by atoms with E-state index in [9.17, 15) is 0 Å². The third kappa shape index (κ3) is 2.04. The maximum absolute atomic E-state index is 8.83. The molecule has 0 amide bonds. The smallest absolute Gasteiger partial charge is 0.0655 e. The van der Waals surface area contributed by atoms with Crippen molar-refractivity contribution in [2.24, 2.45) is 5.92 Å². The van der Waals surface area contributed by atoms with Crippen molar-refractivity contribution in [2.45, 2.75) is 45.6 Å². The predicted octanol–water partition coefficient (Wildman–Crippen LogP) is 2.75. The lowest BCUT2D eigenvalue weighted by Gasteiger charge is -2.26. The first kappa shape index (κ1) is 10.2. The Labute approximate surface area is 90.7 Å². The first-order valence-corrected chi connectivity index (χ1v) is 5.63. The molecule has 0 spiro atoms. The average molecular weight is 203 g/mol. The zero-order chi connectivity index (χ0) is 10.8. The van der Waals surface area contributed by atoms with Gasteiger partial charge >= 0.3 is 0 Å². The van der Waals surface area contributed by atoms with E-state index in [-0.39, 0.29) is 5.92 Å². The SMILES string of the molecule is Cc1cc(C)n(C2CCC(C#N)CC2)n1. The molecule has 0 bridgehead atoms. The van der Waals surface area contributed by atoms with Crippen molar-refractivity contribution in [3.8, 4) is 6.07 Å². The van der Waals surface area contributed by atoms with Crippen molar-refractivity contribution in [1.82, 2.24) is 9.78 Å². The molecule has 1 saturated carbocycles. The number of nitrogens with zero attached hydrogens (tertiary/aromatic N) is 3. The van der Waals surface area contributed by atoms with Crippen LogP contribution in [0.5, 0.6) is 0 Å².